The number of urea groups is 1. The highest BCUT2D eigenvalue weighted by atomic mass is 79.9. The number of halogens is 1. The van der Waals surface area contributed by atoms with E-state index in [1.165, 1.54) is 0 Å². The highest BCUT2D eigenvalue weighted by Gasteiger charge is 2.34. The zero-order valence-electron chi connectivity index (χ0n) is 14.4. The Hall–Kier alpha value is -3.13. The number of anilines is 1. The molecule has 1 aliphatic heterocycles. The minimum absolute atomic E-state index is 0.121. The molecular weight excluding hydrogens is 414 g/mol. The smallest absolute Gasteiger partial charge is 0.329 e. The Kier molecular flexibility index (Phi) is 5.56. The summed E-state index contributed by atoms with van der Waals surface area (Å²) in [5.74, 6) is -0.373. The van der Waals surface area contributed by atoms with Gasteiger partial charge in [-0.1, -0.05) is 28.1 Å². The molecule has 0 spiro atoms. The third-order valence-electron chi connectivity index (χ3n) is 3.80. The highest BCUT2D eigenvalue weighted by Crippen LogP contribution is 2.18. The Bertz CT molecular complexity index is 925. The van der Waals surface area contributed by atoms with E-state index < -0.39 is 17.8 Å². The number of nitrogens with one attached hydrogen (secondary N) is 2. The third-order valence-corrected chi connectivity index (χ3v) is 4.29. The van der Waals surface area contributed by atoms with Crippen LogP contribution < -0.4 is 15.4 Å². The van der Waals surface area contributed by atoms with Gasteiger partial charge in [0.15, 0.2) is 0 Å². The van der Waals surface area contributed by atoms with Crippen molar-refractivity contribution in [3.05, 3.63) is 64.3 Å². The molecule has 1 aliphatic rings. The van der Waals surface area contributed by atoms with Crippen molar-refractivity contribution >= 4 is 45.5 Å². The maximum atomic E-state index is 12.4. The van der Waals surface area contributed by atoms with Crippen molar-refractivity contribution < 1.29 is 19.1 Å². The van der Waals surface area contributed by atoms with E-state index in [1.54, 1.807) is 43.5 Å². The Labute approximate surface area is 164 Å². The van der Waals surface area contributed by atoms with Crippen molar-refractivity contribution in [2.24, 2.45) is 0 Å². The van der Waals surface area contributed by atoms with Crippen molar-refractivity contribution in [1.29, 1.82) is 0 Å². The van der Waals surface area contributed by atoms with Crippen molar-refractivity contribution in [2.75, 3.05) is 19.0 Å². The highest BCUT2D eigenvalue weighted by molar-refractivity contribution is 9.10. The van der Waals surface area contributed by atoms with Gasteiger partial charge >= 0.3 is 6.03 Å². The molecule has 2 aromatic carbocycles. The van der Waals surface area contributed by atoms with E-state index in [0.29, 0.717) is 11.4 Å². The standard InChI is InChI=1S/C19H16BrN3O4/c1-27-15-7-5-14(6-8-15)21-17(24)11-23-18(25)16(22-19(23)26)10-12-3-2-4-13(20)9-12/h2-10H,11H2,1H3,(H,21,24)(H,22,26)/b16-10-. The summed E-state index contributed by atoms with van der Waals surface area (Å²) in [6, 6.07) is 13.4. The Morgan fingerprint density at radius 1 is 1.22 bits per heavy atom. The topological polar surface area (TPSA) is 87.7 Å². The lowest BCUT2D eigenvalue weighted by Gasteiger charge is -2.12. The zero-order chi connectivity index (χ0) is 19.4. The van der Waals surface area contributed by atoms with Gasteiger partial charge in [-0.2, -0.15) is 0 Å². The summed E-state index contributed by atoms with van der Waals surface area (Å²) >= 11 is 3.35. The number of carbonyl (C=O) groups excluding carboxylic acids is 3. The van der Waals surface area contributed by atoms with Gasteiger partial charge in [-0.25, -0.2) is 9.69 Å². The number of hydrogen-bond donors (Lipinski definition) is 2. The number of benzene rings is 2. The van der Waals surface area contributed by atoms with Crippen LogP contribution in [0.3, 0.4) is 0 Å². The van der Waals surface area contributed by atoms with Gasteiger partial charge in [-0.15, -0.1) is 0 Å². The molecule has 0 aliphatic carbocycles. The maximum Gasteiger partial charge on any atom is 0.329 e. The second kappa shape index (κ2) is 8.05. The van der Waals surface area contributed by atoms with E-state index in [4.69, 9.17) is 4.74 Å². The molecule has 2 aromatic rings. The molecule has 0 atom stereocenters. The number of carbonyl (C=O) groups is 3. The average Bonchev–Trinajstić information content (AvgIpc) is 2.90. The molecule has 8 heteroatoms. The molecule has 1 heterocycles. The number of hydrogen-bond acceptors (Lipinski definition) is 4. The third kappa shape index (κ3) is 4.53. The number of imide groups is 1. The molecule has 138 valence electrons. The van der Waals surface area contributed by atoms with Crippen LogP contribution in [0.4, 0.5) is 10.5 Å². The molecule has 3 rings (SSSR count). The Morgan fingerprint density at radius 2 is 1.96 bits per heavy atom. The molecule has 27 heavy (non-hydrogen) atoms. The summed E-state index contributed by atoms with van der Waals surface area (Å²) in [6.45, 7) is -0.382. The van der Waals surface area contributed by atoms with Gasteiger partial charge in [0.05, 0.1) is 7.11 Å². The van der Waals surface area contributed by atoms with Gasteiger partial charge in [0.2, 0.25) is 5.91 Å². The lowest BCUT2D eigenvalue weighted by molar-refractivity contribution is -0.127. The summed E-state index contributed by atoms with van der Waals surface area (Å²) < 4.78 is 5.90. The van der Waals surface area contributed by atoms with Crippen LogP contribution in [0.1, 0.15) is 5.56 Å². The van der Waals surface area contributed by atoms with Crippen molar-refractivity contribution in [2.45, 2.75) is 0 Å². The number of amides is 4. The fraction of sp³-hybridized carbons (Fsp3) is 0.105. The number of ether oxygens (including phenoxy) is 1. The van der Waals surface area contributed by atoms with E-state index in [2.05, 4.69) is 26.6 Å². The summed E-state index contributed by atoms with van der Waals surface area (Å²) in [7, 11) is 1.55. The Morgan fingerprint density at radius 3 is 2.63 bits per heavy atom. The first-order valence-electron chi connectivity index (χ1n) is 8.00. The molecule has 4 amide bonds. The average molecular weight is 430 g/mol. The molecule has 1 fully saturated rings. The van der Waals surface area contributed by atoms with E-state index in [9.17, 15) is 14.4 Å². The van der Waals surface area contributed by atoms with Crippen molar-refractivity contribution in [3.63, 3.8) is 0 Å². The van der Waals surface area contributed by atoms with Crippen LogP contribution in [0.5, 0.6) is 5.75 Å². The lowest BCUT2D eigenvalue weighted by Crippen LogP contribution is -2.38. The minimum atomic E-state index is -0.633. The first-order valence-corrected chi connectivity index (χ1v) is 8.79. The van der Waals surface area contributed by atoms with E-state index in [1.807, 2.05) is 18.2 Å². The van der Waals surface area contributed by atoms with Crippen LogP contribution in [-0.2, 0) is 9.59 Å². The van der Waals surface area contributed by atoms with Gasteiger partial charge in [0.1, 0.15) is 18.0 Å². The number of rotatable bonds is 5. The van der Waals surface area contributed by atoms with Crippen LogP contribution in [-0.4, -0.2) is 36.4 Å². The van der Waals surface area contributed by atoms with Gasteiger partial charge in [0, 0.05) is 10.2 Å². The van der Waals surface area contributed by atoms with E-state index in [0.717, 1.165) is 14.9 Å². The molecule has 1 saturated heterocycles. The summed E-state index contributed by atoms with van der Waals surface area (Å²) in [5, 5.41) is 5.13. The molecular formula is C19H16BrN3O4. The maximum absolute atomic E-state index is 12.4. The summed E-state index contributed by atoms with van der Waals surface area (Å²) in [5.41, 5.74) is 1.41. The van der Waals surface area contributed by atoms with Crippen LogP contribution in [0.25, 0.3) is 6.08 Å². The molecule has 0 saturated carbocycles. The quantitative estimate of drug-likeness (QED) is 0.564. The molecule has 0 radical (unpaired) electrons. The molecule has 0 unspecified atom stereocenters. The SMILES string of the molecule is COc1ccc(NC(=O)CN2C(=O)N/C(=C\c3cccc(Br)c3)C2=O)cc1. The van der Waals surface area contributed by atoms with E-state index >= 15 is 0 Å². The molecule has 0 bridgehead atoms. The number of methoxy groups -OCH3 is 1. The molecule has 0 aromatic heterocycles. The van der Waals surface area contributed by atoms with Crippen LogP contribution in [0.15, 0.2) is 58.7 Å². The first-order chi connectivity index (χ1) is 13.0. The predicted octanol–water partition coefficient (Wildman–Crippen LogP) is 2.99. The zero-order valence-corrected chi connectivity index (χ0v) is 15.9. The number of nitrogens with zero attached hydrogens (tertiary/aromatic N) is 1. The van der Waals surface area contributed by atoms with Crippen LogP contribution >= 0.6 is 15.9 Å². The fourth-order valence-electron chi connectivity index (χ4n) is 2.50. The monoisotopic (exact) mass is 429 g/mol. The molecule has 2 N–H and O–H groups in total. The first kappa shape index (κ1) is 18.7. The second-order valence-electron chi connectivity index (χ2n) is 5.71. The van der Waals surface area contributed by atoms with Gasteiger partial charge in [-0.05, 0) is 48.0 Å². The summed E-state index contributed by atoms with van der Waals surface area (Å²) in [4.78, 5) is 37.6. The van der Waals surface area contributed by atoms with Gasteiger partial charge in [-0.3, -0.25) is 9.59 Å². The normalized spacial score (nSPS) is 15.0. The van der Waals surface area contributed by atoms with Crippen molar-refractivity contribution in [1.82, 2.24) is 10.2 Å². The van der Waals surface area contributed by atoms with Gasteiger partial charge < -0.3 is 15.4 Å². The largest absolute Gasteiger partial charge is 0.497 e. The summed E-state index contributed by atoms with van der Waals surface area (Å²) in [6.07, 6.45) is 1.56. The minimum Gasteiger partial charge on any atom is -0.497 e. The second-order valence-corrected chi connectivity index (χ2v) is 6.63. The fourth-order valence-corrected chi connectivity index (χ4v) is 2.91. The van der Waals surface area contributed by atoms with Crippen molar-refractivity contribution in [3.8, 4) is 5.75 Å². The molecule has 7 nitrogen and oxygen atoms in total. The van der Waals surface area contributed by atoms with Gasteiger partial charge in [0.25, 0.3) is 5.91 Å². The predicted molar refractivity (Wildman–Crippen MR) is 104 cm³/mol. The van der Waals surface area contributed by atoms with Crippen LogP contribution in [0, 0.1) is 0 Å². The van der Waals surface area contributed by atoms with E-state index in [-0.39, 0.29) is 12.2 Å². The Balaban J connectivity index is 1.67. The lowest BCUT2D eigenvalue weighted by atomic mass is 10.2. The van der Waals surface area contributed by atoms with Crippen LogP contribution in [0.2, 0.25) is 0 Å².